The van der Waals surface area contributed by atoms with Gasteiger partial charge in [0.25, 0.3) is 0 Å². The van der Waals surface area contributed by atoms with Crippen LogP contribution in [0.5, 0.6) is 11.5 Å². The van der Waals surface area contributed by atoms with E-state index in [0.717, 1.165) is 33.8 Å². The predicted octanol–water partition coefficient (Wildman–Crippen LogP) is 5.89. The average Bonchev–Trinajstić information content (AvgIpc) is 3.00. The number of hydrogen-bond acceptors (Lipinski definition) is 2. The van der Waals surface area contributed by atoms with Crippen LogP contribution in [-0.4, -0.2) is 0 Å². The summed E-state index contributed by atoms with van der Waals surface area (Å²) < 4.78 is 11.8. The summed E-state index contributed by atoms with van der Waals surface area (Å²) in [6, 6.07) is 27.8. The molecule has 0 aliphatic heterocycles. The Labute approximate surface area is 128 Å². The van der Waals surface area contributed by atoms with Gasteiger partial charge in [-0.25, -0.2) is 0 Å². The lowest BCUT2D eigenvalue weighted by molar-refractivity contribution is 0.482. The molecule has 0 saturated heterocycles. The van der Waals surface area contributed by atoms with Gasteiger partial charge in [-0.3, -0.25) is 0 Å². The highest BCUT2D eigenvalue weighted by atomic mass is 16.5. The molecule has 0 unspecified atom stereocenters. The zero-order valence-electron chi connectivity index (χ0n) is 11.9. The van der Waals surface area contributed by atoms with Crippen LogP contribution in [0.3, 0.4) is 0 Å². The number of fused-ring (bicyclic) bond motifs is 1. The zero-order valence-corrected chi connectivity index (χ0v) is 11.9. The standard InChI is InChI=1S/C20H14O2/c1-2-9-17(10-3-1)21-18-11-6-8-15(13-18)20-14-16-7-4-5-12-19(16)22-20/h1-14H. The molecule has 106 valence electrons. The molecule has 22 heavy (non-hydrogen) atoms. The molecule has 2 heteroatoms. The normalized spacial score (nSPS) is 10.7. The Morgan fingerprint density at radius 2 is 1.41 bits per heavy atom. The van der Waals surface area contributed by atoms with E-state index in [-0.39, 0.29) is 0 Å². The summed E-state index contributed by atoms with van der Waals surface area (Å²) in [5.74, 6) is 2.47. The van der Waals surface area contributed by atoms with Gasteiger partial charge in [-0.05, 0) is 36.4 Å². The van der Waals surface area contributed by atoms with Crippen molar-refractivity contribution in [2.24, 2.45) is 0 Å². The first-order valence-electron chi connectivity index (χ1n) is 7.20. The van der Waals surface area contributed by atoms with E-state index in [0.29, 0.717) is 0 Å². The Hall–Kier alpha value is -3.00. The lowest BCUT2D eigenvalue weighted by Crippen LogP contribution is -1.84. The summed E-state index contributed by atoms with van der Waals surface area (Å²) >= 11 is 0. The third kappa shape index (κ3) is 2.47. The number of ether oxygens (including phenoxy) is 1. The van der Waals surface area contributed by atoms with Gasteiger partial charge in [-0.15, -0.1) is 0 Å². The first kappa shape index (κ1) is 12.7. The average molecular weight is 286 g/mol. The van der Waals surface area contributed by atoms with Crippen molar-refractivity contribution < 1.29 is 9.15 Å². The van der Waals surface area contributed by atoms with Gasteiger partial charge in [0.1, 0.15) is 22.8 Å². The largest absolute Gasteiger partial charge is 0.457 e. The molecule has 3 aromatic carbocycles. The lowest BCUT2D eigenvalue weighted by atomic mass is 10.1. The van der Waals surface area contributed by atoms with Crippen molar-refractivity contribution in [2.75, 3.05) is 0 Å². The maximum Gasteiger partial charge on any atom is 0.135 e. The van der Waals surface area contributed by atoms with Crippen LogP contribution in [0.15, 0.2) is 89.3 Å². The van der Waals surface area contributed by atoms with Gasteiger partial charge in [0, 0.05) is 10.9 Å². The molecule has 0 bridgehead atoms. The van der Waals surface area contributed by atoms with Gasteiger partial charge in [0.2, 0.25) is 0 Å². The fourth-order valence-corrected chi connectivity index (χ4v) is 2.46. The molecule has 0 aliphatic carbocycles. The maximum absolute atomic E-state index is 5.90. The molecular weight excluding hydrogens is 272 g/mol. The molecule has 0 N–H and O–H groups in total. The SMILES string of the molecule is c1ccc(Oc2cccc(-c3cc4ccccc4o3)c2)cc1. The second-order valence-corrected chi connectivity index (χ2v) is 5.09. The minimum Gasteiger partial charge on any atom is -0.457 e. The van der Waals surface area contributed by atoms with E-state index in [2.05, 4.69) is 6.07 Å². The van der Waals surface area contributed by atoms with Crippen molar-refractivity contribution in [3.63, 3.8) is 0 Å². The molecule has 0 fully saturated rings. The Bertz CT molecular complexity index is 874. The Morgan fingerprint density at radius 1 is 0.636 bits per heavy atom. The van der Waals surface area contributed by atoms with Crippen LogP contribution in [-0.2, 0) is 0 Å². The van der Waals surface area contributed by atoms with Crippen molar-refractivity contribution >= 4 is 11.0 Å². The maximum atomic E-state index is 5.90. The molecule has 0 radical (unpaired) electrons. The van der Waals surface area contributed by atoms with E-state index in [9.17, 15) is 0 Å². The van der Waals surface area contributed by atoms with E-state index >= 15 is 0 Å². The minimum atomic E-state index is 0.796. The Morgan fingerprint density at radius 3 is 2.27 bits per heavy atom. The van der Waals surface area contributed by atoms with Crippen molar-refractivity contribution in [3.8, 4) is 22.8 Å². The molecule has 4 aromatic rings. The Balaban J connectivity index is 1.69. The van der Waals surface area contributed by atoms with Crippen molar-refractivity contribution in [1.29, 1.82) is 0 Å². The van der Waals surface area contributed by atoms with Crippen LogP contribution in [0.4, 0.5) is 0 Å². The number of para-hydroxylation sites is 2. The fraction of sp³-hybridized carbons (Fsp3) is 0. The molecule has 0 spiro atoms. The molecule has 1 heterocycles. The van der Waals surface area contributed by atoms with Crippen molar-refractivity contribution in [2.45, 2.75) is 0 Å². The molecule has 0 amide bonds. The van der Waals surface area contributed by atoms with E-state index in [4.69, 9.17) is 9.15 Å². The third-order valence-electron chi connectivity index (χ3n) is 3.52. The van der Waals surface area contributed by atoms with Gasteiger partial charge in [-0.2, -0.15) is 0 Å². The van der Waals surface area contributed by atoms with Crippen LogP contribution in [0.25, 0.3) is 22.3 Å². The van der Waals surface area contributed by atoms with Crippen molar-refractivity contribution in [3.05, 3.63) is 84.9 Å². The summed E-state index contributed by atoms with van der Waals surface area (Å²) in [4.78, 5) is 0. The molecule has 4 rings (SSSR count). The zero-order chi connectivity index (χ0) is 14.8. The lowest BCUT2D eigenvalue weighted by Gasteiger charge is -2.06. The predicted molar refractivity (Wildman–Crippen MR) is 88.2 cm³/mol. The summed E-state index contributed by atoms with van der Waals surface area (Å²) in [6.07, 6.45) is 0. The number of benzene rings is 3. The van der Waals surface area contributed by atoms with Crippen LogP contribution in [0.2, 0.25) is 0 Å². The molecule has 0 aliphatic rings. The van der Waals surface area contributed by atoms with Crippen LogP contribution in [0.1, 0.15) is 0 Å². The second kappa shape index (κ2) is 5.41. The van der Waals surface area contributed by atoms with E-state index in [1.807, 2.05) is 78.9 Å². The van der Waals surface area contributed by atoms with Gasteiger partial charge in [0.05, 0.1) is 0 Å². The second-order valence-electron chi connectivity index (χ2n) is 5.09. The van der Waals surface area contributed by atoms with E-state index in [1.54, 1.807) is 0 Å². The molecular formula is C20H14O2. The number of hydrogen-bond donors (Lipinski definition) is 0. The van der Waals surface area contributed by atoms with Crippen LogP contribution >= 0.6 is 0 Å². The third-order valence-corrected chi connectivity index (χ3v) is 3.52. The first-order valence-corrected chi connectivity index (χ1v) is 7.20. The topological polar surface area (TPSA) is 22.4 Å². The minimum absolute atomic E-state index is 0.796. The highest BCUT2D eigenvalue weighted by Crippen LogP contribution is 2.31. The molecule has 1 aromatic heterocycles. The fourth-order valence-electron chi connectivity index (χ4n) is 2.46. The molecule has 0 saturated carbocycles. The monoisotopic (exact) mass is 286 g/mol. The smallest absolute Gasteiger partial charge is 0.135 e. The van der Waals surface area contributed by atoms with Crippen molar-refractivity contribution in [1.82, 2.24) is 0 Å². The Kier molecular flexibility index (Phi) is 3.13. The van der Waals surface area contributed by atoms with Gasteiger partial charge in [0.15, 0.2) is 0 Å². The molecule has 0 atom stereocenters. The van der Waals surface area contributed by atoms with Crippen LogP contribution < -0.4 is 4.74 Å². The quantitative estimate of drug-likeness (QED) is 0.468. The summed E-state index contributed by atoms with van der Waals surface area (Å²) in [7, 11) is 0. The van der Waals surface area contributed by atoms with Gasteiger partial charge < -0.3 is 9.15 Å². The summed E-state index contributed by atoms with van der Waals surface area (Å²) in [5.41, 5.74) is 1.90. The van der Waals surface area contributed by atoms with E-state index in [1.165, 1.54) is 0 Å². The summed E-state index contributed by atoms with van der Waals surface area (Å²) in [6.45, 7) is 0. The van der Waals surface area contributed by atoms with Gasteiger partial charge in [-0.1, -0.05) is 48.5 Å². The number of rotatable bonds is 3. The summed E-state index contributed by atoms with van der Waals surface area (Å²) in [5, 5.41) is 1.10. The highest BCUT2D eigenvalue weighted by molar-refractivity contribution is 5.82. The van der Waals surface area contributed by atoms with Crippen LogP contribution in [0, 0.1) is 0 Å². The highest BCUT2D eigenvalue weighted by Gasteiger charge is 2.07. The van der Waals surface area contributed by atoms with Gasteiger partial charge >= 0.3 is 0 Å². The van der Waals surface area contributed by atoms with E-state index < -0.39 is 0 Å². The first-order chi connectivity index (χ1) is 10.9. The molecule has 2 nitrogen and oxygen atoms in total. The number of furan rings is 1.